The second-order valence-electron chi connectivity index (χ2n) is 6.99. The van der Waals surface area contributed by atoms with Crippen molar-refractivity contribution in [2.75, 3.05) is 38.1 Å². The Morgan fingerprint density at radius 2 is 1.74 bits per heavy atom. The van der Waals surface area contributed by atoms with Crippen LogP contribution in [0.3, 0.4) is 0 Å². The van der Waals surface area contributed by atoms with Crippen molar-refractivity contribution in [2.24, 2.45) is 0 Å². The van der Waals surface area contributed by atoms with Crippen LogP contribution in [-0.2, 0) is 16.1 Å². The number of hydrogen-bond donors (Lipinski definition) is 1. The number of hydrogen-bond acceptors (Lipinski definition) is 5. The topological polar surface area (TPSA) is 73.0 Å². The van der Waals surface area contributed by atoms with Crippen molar-refractivity contribution in [1.82, 2.24) is 15.1 Å². The number of nitrogens with one attached hydrogen (secondary N) is 1. The van der Waals surface area contributed by atoms with Crippen molar-refractivity contribution >= 4 is 23.4 Å². The average Bonchev–Trinajstić information content (AvgIpc) is 3.01. The number of carbonyl (C=O) groups is 3. The van der Waals surface area contributed by atoms with Crippen LogP contribution in [0, 0.1) is 0 Å². The van der Waals surface area contributed by atoms with Gasteiger partial charge in [0, 0.05) is 56.0 Å². The molecular formula is C20H28N4O3. The van der Waals surface area contributed by atoms with Gasteiger partial charge in [0.05, 0.1) is 0 Å². The first-order valence-corrected chi connectivity index (χ1v) is 9.74. The molecule has 0 spiro atoms. The van der Waals surface area contributed by atoms with Crippen LogP contribution in [0.25, 0.3) is 0 Å². The molecule has 2 fully saturated rings. The van der Waals surface area contributed by atoms with Crippen LogP contribution >= 0.6 is 0 Å². The molecule has 2 saturated heterocycles. The fourth-order valence-corrected chi connectivity index (χ4v) is 3.91. The van der Waals surface area contributed by atoms with E-state index in [2.05, 4.69) is 28.2 Å². The number of carbonyl (C=O) groups excluding carboxylic acids is 3. The average molecular weight is 372 g/mol. The summed E-state index contributed by atoms with van der Waals surface area (Å²) in [6.07, 6.45) is 0.677. The smallest absolute Gasteiger partial charge is 0.255 e. The maximum atomic E-state index is 12.8. The zero-order valence-corrected chi connectivity index (χ0v) is 16.3. The highest BCUT2D eigenvalue weighted by Crippen LogP contribution is 2.34. The number of amides is 3. The summed E-state index contributed by atoms with van der Waals surface area (Å²) in [5.74, 6) is -0.734. The molecule has 3 aliphatic heterocycles. The predicted octanol–water partition coefficient (Wildman–Crippen LogP) is 1.23. The van der Waals surface area contributed by atoms with Gasteiger partial charge in [-0.1, -0.05) is 19.9 Å². The van der Waals surface area contributed by atoms with Crippen LogP contribution in [0.1, 0.15) is 42.6 Å². The Hall–Kier alpha value is -2.41. The van der Waals surface area contributed by atoms with Gasteiger partial charge in [-0.25, -0.2) is 0 Å². The molecule has 3 heterocycles. The van der Waals surface area contributed by atoms with Crippen molar-refractivity contribution < 1.29 is 14.4 Å². The van der Waals surface area contributed by atoms with Gasteiger partial charge in [0.1, 0.15) is 6.04 Å². The van der Waals surface area contributed by atoms with Gasteiger partial charge < -0.3 is 14.7 Å². The molecule has 3 amide bonds. The second kappa shape index (κ2) is 8.08. The number of anilines is 1. The van der Waals surface area contributed by atoms with Crippen molar-refractivity contribution in [3.8, 4) is 0 Å². The standard InChI is InChI=1S/C18H22N4O3.C2H6/c1-20-7-9-21(10-8-20)14-4-2-3-12-13(14)11-22(18(12)25)15-5-6-16(23)19-17(15)24;1-2/h2-4,15H,5-11H2,1H3,(H,19,23,24);1-2H3. The molecule has 1 aromatic rings. The largest absolute Gasteiger partial charge is 0.369 e. The molecule has 0 aromatic heterocycles. The van der Waals surface area contributed by atoms with E-state index in [0.717, 1.165) is 37.4 Å². The van der Waals surface area contributed by atoms with Gasteiger partial charge in [-0.15, -0.1) is 0 Å². The van der Waals surface area contributed by atoms with Gasteiger partial charge in [-0.2, -0.15) is 0 Å². The Bertz CT molecular complexity index is 741. The maximum Gasteiger partial charge on any atom is 0.255 e. The summed E-state index contributed by atoms with van der Waals surface area (Å²) >= 11 is 0. The highest BCUT2D eigenvalue weighted by molar-refractivity contribution is 6.06. The molecule has 1 unspecified atom stereocenters. The molecule has 0 bridgehead atoms. The summed E-state index contributed by atoms with van der Waals surface area (Å²) in [6.45, 7) is 8.28. The lowest BCUT2D eigenvalue weighted by molar-refractivity contribution is -0.136. The van der Waals surface area contributed by atoms with Crippen LogP contribution in [0.15, 0.2) is 18.2 Å². The van der Waals surface area contributed by atoms with E-state index in [-0.39, 0.29) is 24.1 Å². The van der Waals surface area contributed by atoms with Crippen LogP contribution in [0.5, 0.6) is 0 Å². The second-order valence-corrected chi connectivity index (χ2v) is 6.99. The third kappa shape index (κ3) is 3.69. The van der Waals surface area contributed by atoms with E-state index in [1.54, 1.807) is 4.90 Å². The highest BCUT2D eigenvalue weighted by Gasteiger charge is 2.40. The van der Waals surface area contributed by atoms with E-state index >= 15 is 0 Å². The van der Waals surface area contributed by atoms with E-state index in [4.69, 9.17) is 0 Å². The van der Waals surface area contributed by atoms with Gasteiger partial charge in [0.2, 0.25) is 11.8 Å². The van der Waals surface area contributed by atoms with Crippen molar-refractivity contribution in [3.63, 3.8) is 0 Å². The molecule has 3 aliphatic rings. The van der Waals surface area contributed by atoms with Crippen molar-refractivity contribution in [2.45, 2.75) is 39.3 Å². The SMILES string of the molecule is CC.CN1CCN(c2cccc3c2CN(C2CCC(=O)NC2=O)C3=O)CC1. The summed E-state index contributed by atoms with van der Waals surface area (Å²) in [6, 6.07) is 5.25. The summed E-state index contributed by atoms with van der Waals surface area (Å²) in [4.78, 5) is 42.6. The zero-order chi connectivity index (χ0) is 19.6. The normalized spacial score (nSPS) is 22.9. The number of rotatable bonds is 2. The first-order valence-electron chi connectivity index (χ1n) is 9.74. The summed E-state index contributed by atoms with van der Waals surface area (Å²) in [5, 5.41) is 2.35. The molecule has 0 radical (unpaired) electrons. The van der Waals surface area contributed by atoms with E-state index in [9.17, 15) is 14.4 Å². The van der Waals surface area contributed by atoms with Gasteiger partial charge in [0.15, 0.2) is 0 Å². The third-order valence-electron chi connectivity index (χ3n) is 5.40. The fourth-order valence-electron chi connectivity index (χ4n) is 3.91. The van der Waals surface area contributed by atoms with Crippen LogP contribution in [-0.4, -0.2) is 66.8 Å². The van der Waals surface area contributed by atoms with Gasteiger partial charge in [-0.3, -0.25) is 19.7 Å². The lowest BCUT2D eigenvalue weighted by Crippen LogP contribution is -2.52. The Kier molecular flexibility index (Phi) is 5.79. The van der Waals surface area contributed by atoms with E-state index in [1.165, 1.54) is 0 Å². The number of benzene rings is 1. The molecule has 0 saturated carbocycles. The Balaban J connectivity index is 0.00000102. The van der Waals surface area contributed by atoms with E-state index in [0.29, 0.717) is 18.5 Å². The third-order valence-corrected chi connectivity index (χ3v) is 5.40. The fraction of sp³-hybridized carbons (Fsp3) is 0.550. The Morgan fingerprint density at radius 3 is 2.41 bits per heavy atom. The predicted molar refractivity (Wildman–Crippen MR) is 104 cm³/mol. The molecular weight excluding hydrogens is 344 g/mol. The maximum absolute atomic E-state index is 12.8. The molecule has 4 rings (SSSR count). The summed E-state index contributed by atoms with van der Waals surface area (Å²) in [7, 11) is 2.11. The minimum atomic E-state index is -0.557. The number of fused-ring (bicyclic) bond motifs is 1. The van der Waals surface area contributed by atoms with Crippen LogP contribution in [0.2, 0.25) is 0 Å². The van der Waals surface area contributed by atoms with Crippen molar-refractivity contribution in [1.29, 1.82) is 0 Å². The zero-order valence-electron chi connectivity index (χ0n) is 16.3. The minimum absolute atomic E-state index is 0.111. The molecule has 0 aliphatic carbocycles. The lowest BCUT2D eigenvalue weighted by Gasteiger charge is -2.35. The Morgan fingerprint density at radius 1 is 1.04 bits per heavy atom. The first-order chi connectivity index (χ1) is 13.0. The van der Waals surface area contributed by atoms with Gasteiger partial charge in [-0.05, 0) is 25.6 Å². The number of imide groups is 1. The van der Waals surface area contributed by atoms with E-state index in [1.807, 2.05) is 26.0 Å². The van der Waals surface area contributed by atoms with Crippen LogP contribution < -0.4 is 10.2 Å². The number of likely N-dealkylation sites (N-methyl/N-ethyl adjacent to an activating group) is 1. The quantitative estimate of drug-likeness (QED) is 0.791. The monoisotopic (exact) mass is 372 g/mol. The van der Waals surface area contributed by atoms with E-state index < -0.39 is 6.04 Å². The summed E-state index contributed by atoms with van der Waals surface area (Å²) < 4.78 is 0. The van der Waals surface area contributed by atoms with Crippen molar-refractivity contribution in [3.05, 3.63) is 29.3 Å². The summed E-state index contributed by atoms with van der Waals surface area (Å²) in [5.41, 5.74) is 2.77. The lowest BCUT2D eigenvalue weighted by atomic mass is 10.0. The number of piperidine rings is 1. The van der Waals surface area contributed by atoms with Gasteiger partial charge >= 0.3 is 0 Å². The molecule has 1 atom stereocenters. The molecule has 7 heteroatoms. The highest BCUT2D eigenvalue weighted by atomic mass is 16.2. The van der Waals surface area contributed by atoms with Crippen LogP contribution in [0.4, 0.5) is 5.69 Å². The molecule has 1 N–H and O–H groups in total. The molecule has 146 valence electrons. The van der Waals surface area contributed by atoms with Gasteiger partial charge in [0.25, 0.3) is 5.91 Å². The molecule has 1 aromatic carbocycles. The number of nitrogens with zero attached hydrogens (tertiary/aromatic N) is 3. The minimum Gasteiger partial charge on any atom is -0.369 e. The molecule has 7 nitrogen and oxygen atoms in total. The first kappa shape index (κ1) is 19.4. The molecule has 27 heavy (non-hydrogen) atoms. The Labute approximate surface area is 160 Å². The number of piperazine rings is 1.